The number of amides is 2. The van der Waals surface area contributed by atoms with Crippen LogP contribution in [0.1, 0.15) is 22.8 Å². The third kappa shape index (κ3) is 4.25. The molecule has 9 heteroatoms. The van der Waals surface area contributed by atoms with Gasteiger partial charge in [0.1, 0.15) is 5.75 Å². The van der Waals surface area contributed by atoms with Gasteiger partial charge in [-0.2, -0.15) is 0 Å². The summed E-state index contributed by atoms with van der Waals surface area (Å²) in [5.41, 5.74) is 7.45. The van der Waals surface area contributed by atoms with Crippen molar-refractivity contribution in [3.63, 3.8) is 0 Å². The summed E-state index contributed by atoms with van der Waals surface area (Å²) in [6.07, 6.45) is 1.73. The quantitative estimate of drug-likeness (QED) is 0.758. The zero-order valence-corrected chi connectivity index (χ0v) is 16.3. The number of nitrogens with one attached hydrogen (secondary N) is 1. The Morgan fingerprint density at radius 1 is 1.21 bits per heavy atom. The van der Waals surface area contributed by atoms with Crippen molar-refractivity contribution in [1.29, 1.82) is 0 Å². The van der Waals surface area contributed by atoms with Crippen LogP contribution in [0.3, 0.4) is 0 Å². The first kappa shape index (κ1) is 19.7. The van der Waals surface area contributed by atoms with E-state index < -0.39 is 15.9 Å². The highest BCUT2D eigenvalue weighted by Crippen LogP contribution is 2.34. The van der Waals surface area contributed by atoms with Crippen molar-refractivity contribution in [3.05, 3.63) is 53.6 Å². The molecule has 0 fully saturated rings. The Kier molecular flexibility index (Phi) is 5.28. The molecule has 1 aliphatic rings. The highest BCUT2D eigenvalue weighted by atomic mass is 32.2. The van der Waals surface area contributed by atoms with E-state index in [2.05, 4.69) is 5.32 Å². The molecule has 0 saturated heterocycles. The highest BCUT2D eigenvalue weighted by Gasteiger charge is 2.32. The zero-order chi connectivity index (χ0) is 20.5. The van der Waals surface area contributed by atoms with Crippen molar-refractivity contribution in [2.75, 3.05) is 22.5 Å². The molecule has 2 aromatic rings. The summed E-state index contributed by atoms with van der Waals surface area (Å²) in [6.45, 7) is 1.62. The van der Waals surface area contributed by atoms with Gasteiger partial charge in [-0.1, -0.05) is 0 Å². The van der Waals surface area contributed by atoms with Crippen LogP contribution >= 0.6 is 0 Å². The molecule has 0 bridgehead atoms. The van der Waals surface area contributed by atoms with E-state index in [-0.39, 0.29) is 18.6 Å². The van der Waals surface area contributed by atoms with Gasteiger partial charge in [0, 0.05) is 17.3 Å². The number of ether oxygens (including phenoxy) is 1. The first-order valence-electron chi connectivity index (χ1n) is 8.60. The Bertz CT molecular complexity index is 1020. The van der Waals surface area contributed by atoms with Crippen molar-refractivity contribution in [1.82, 2.24) is 0 Å². The Morgan fingerprint density at radius 3 is 2.50 bits per heavy atom. The summed E-state index contributed by atoms with van der Waals surface area (Å²) in [6, 6.07) is 11.3. The predicted octanol–water partition coefficient (Wildman–Crippen LogP) is 1.51. The lowest BCUT2D eigenvalue weighted by atomic mass is 10.1. The van der Waals surface area contributed by atoms with Gasteiger partial charge in [-0.25, -0.2) is 8.42 Å². The van der Waals surface area contributed by atoms with Gasteiger partial charge in [-0.15, -0.1) is 0 Å². The van der Waals surface area contributed by atoms with Gasteiger partial charge in [0.25, 0.3) is 11.8 Å². The second-order valence-corrected chi connectivity index (χ2v) is 8.55. The van der Waals surface area contributed by atoms with Crippen LogP contribution in [0.2, 0.25) is 0 Å². The van der Waals surface area contributed by atoms with E-state index in [4.69, 9.17) is 10.5 Å². The van der Waals surface area contributed by atoms with Crippen LogP contribution < -0.4 is 20.1 Å². The maximum atomic E-state index is 12.5. The number of rotatable bonds is 6. The number of fused-ring (bicyclic) bond motifs is 1. The summed E-state index contributed by atoms with van der Waals surface area (Å²) in [5, 5.41) is 2.78. The van der Waals surface area contributed by atoms with Crippen molar-refractivity contribution in [2.45, 2.75) is 19.4 Å². The van der Waals surface area contributed by atoms with Crippen molar-refractivity contribution < 1.29 is 22.7 Å². The Balaban J connectivity index is 1.72. The lowest BCUT2D eigenvalue weighted by Crippen LogP contribution is -2.34. The van der Waals surface area contributed by atoms with Gasteiger partial charge in [0.15, 0.2) is 6.61 Å². The zero-order valence-electron chi connectivity index (χ0n) is 15.5. The number of nitrogens with two attached hydrogens (primary N) is 1. The van der Waals surface area contributed by atoms with E-state index in [9.17, 15) is 18.0 Å². The topological polar surface area (TPSA) is 119 Å². The Labute approximate surface area is 163 Å². The van der Waals surface area contributed by atoms with Crippen LogP contribution in [-0.4, -0.2) is 39.1 Å². The van der Waals surface area contributed by atoms with E-state index in [1.54, 1.807) is 42.5 Å². The molecule has 0 aromatic heterocycles. The Hall–Kier alpha value is -3.07. The first-order chi connectivity index (χ1) is 13.1. The molecule has 3 N–H and O–H groups in total. The molecule has 2 amide bonds. The van der Waals surface area contributed by atoms with Crippen LogP contribution in [0.15, 0.2) is 42.5 Å². The minimum atomic E-state index is -3.37. The molecule has 1 unspecified atom stereocenters. The molecular formula is C19H21N3O5S. The summed E-state index contributed by atoms with van der Waals surface area (Å²) in [4.78, 5) is 23.3. The number of hydrogen-bond donors (Lipinski definition) is 2. The lowest BCUT2D eigenvalue weighted by molar-refractivity contribution is -0.119. The number of anilines is 2. The second-order valence-electron chi connectivity index (χ2n) is 6.69. The first-order valence-corrected chi connectivity index (χ1v) is 10.4. The third-order valence-electron chi connectivity index (χ3n) is 4.35. The van der Waals surface area contributed by atoms with Gasteiger partial charge >= 0.3 is 0 Å². The maximum absolute atomic E-state index is 12.5. The van der Waals surface area contributed by atoms with Crippen LogP contribution in [0.25, 0.3) is 0 Å². The number of benzene rings is 2. The molecule has 1 atom stereocenters. The molecule has 0 aliphatic carbocycles. The lowest BCUT2D eigenvalue weighted by Gasteiger charge is -2.21. The number of hydrogen-bond acceptors (Lipinski definition) is 5. The number of nitrogens with zero attached hydrogens (tertiary/aromatic N) is 1. The van der Waals surface area contributed by atoms with E-state index in [1.807, 2.05) is 6.92 Å². The molecule has 3 rings (SSSR count). The largest absolute Gasteiger partial charge is 0.484 e. The van der Waals surface area contributed by atoms with Crippen LogP contribution in [0.4, 0.5) is 11.4 Å². The fraction of sp³-hybridized carbons (Fsp3) is 0.263. The van der Waals surface area contributed by atoms with Gasteiger partial charge in [0.2, 0.25) is 10.0 Å². The van der Waals surface area contributed by atoms with Gasteiger partial charge in [-0.3, -0.25) is 13.9 Å². The highest BCUT2D eigenvalue weighted by molar-refractivity contribution is 7.92. The fourth-order valence-electron chi connectivity index (χ4n) is 3.24. The molecule has 0 saturated carbocycles. The standard InChI is InChI=1S/C19H21N3O5S/c1-12-9-14-10-13(3-8-17(14)22(12)28(2,25)26)19(24)21-15-4-6-16(7-5-15)27-11-18(20)23/h3-8,10,12H,9,11H2,1-2H3,(H2,20,23)(H,21,24). The fourth-order valence-corrected chi connectivity index (χ4v) is 4.51. The maximum Gasteiger partial charge on any atom is 0.255 e. The summed E-state index contributed by atoms with van der Waals surface area (Å²) >= 11 is 0. The number of carbonyl (C=O) groups excluding carboxylic acids is 2. The molecule has 28 heavy (non-hydrogen) atoms. The molecule has 1 aliphatic heterocycles. The molecule has 0 spiro atoms. The molecular weight excluding hydrogens is 382 g/mol. The molecule has 8 nitrogen and oxygen atoms in total. The minimum Gasteiger partial charge on any atom is -0.484 e. The van der Waals surface area contributed by atoms with Gasteiger partial charge in [0.05, 0.1) is 11.9 Å². The summed E-state index contributed by atoms with van der Waals surface area (Å²) in [5.74, 6) is -0.416. The Morgan fingerprint density at radius 2 is 1.89 bits per heavy atom. The molecule has 1 heterocycles. The summed E-state index contributed by atoms with van der Waals surface area (Å²) < 4.78 is 30.5. The normalized spacial score (nSPS) is 15.8. The van der Waals surface area contributed by atoms with Crippen molar-refractivity contribution in [2.24, 2.45) is 5.73 Å². The number of primary amides is 1. The molecule has 0 radical (unpaired) electrons. The second kappa shape index (κ2) is 7.51. The van der Waals surface area contributed by atoms with E-state index in [0.717, 1.165) is 5.56 Å². The van der Waals surface area contributed by atoms with Crippen molar-refractivity contribution in [3.8, 4) is 5.75 Å². The molecule has 2 aromatic carbocycles. The van der Waals surface area contributed by atoms with Crippen molar-refractivity contribution >= 4 is 33.2 Å². The minimum absolute atomic E-state index is 0.184. The van der Waals surface area contributed by atoms with Gasteiger partial charge < -0.3 is 15.8 Å². The van der Waals surface area contributed by atoms with Crippen LogP contribution in [0, 0.1) is 0 Å². The van der Waals surface area contributed by atoms with Gasteiger partial charge in [-0.05, 0) is 61.4 Å². The average Bonchev–Trinajstić information content (AvgIpc) is 2.96. The van der Waals surface area contributed by atoms with E-state index in [0.29, 0.717) is 29.1 Å². The smallest absolute Gasteiger partial charge is 0.255 e. The SMILES string of the molecule is CC1Cc2cc(C(=O)Nc3ccc(OCC(N)=O)cc3)ccc2N1S(C)(=O)=O. The van der Waals surface area contributed by atoms with E-state index in [1.165, 1.54) is 10.6 Å². The molecule has 148 valence electrons. The monoisotopic (exact) mass is 403 g/mol. The van der Waals surface area contributed by atoms with Crippen LogP contribution in [0.5, 0.6) is 5.75 Å². The predicted molar refractivity (Wildman–Crippen MR) is 106 cm³/mol. The van der Waals surface area contributed by atoms with Crippen LogP contribution in [-0.2, 0) is 21.2 Å². The summed E-state index contributed by atoms with van der Waals surface area (Å²) in [7, 11) is -3.37. The average molecular weight is 403 g/mol. The van der Waals surface area contributed by atoms with E-state index >= 15 is 0 Å². The number of carbonyl (C=O) groups is 2. The third-order valence-corrected chi connectivity index (χ3v) is 5.62. The number of sulfonamides is 1.